The van der Waals surface area contributed by atoms with E-state index in [1.54, 1.807) is 0 Å². The van der Waals surface area contributed by atoms with E-state index in [4.69, 9.17) is 20.8 Å². The molecule has 106 valence electrons. The maximum absolute atomic E-state index is 13.6. The Morgan fingerprint density at radius 3 is 2.81 bits per heavy atom. The van der Waals surface area contributed by atoms with Crippen LogP contribution in [0.3, 0.4) is 0 Å². The van der Waals surface area contributed by atoms with Gasteiger partial charge in [0.1, 0.15) is 18.0 Å². The highest BCUT2D eigenvalue weighted by molar-refractivity contribution is 5.93. The summed E-state index contributed by atoms with van der Waals surface area (Å²) in [7, 11) is 0. The lowest BCUT2D eigenvalue weighted by Crippen LogP contribution is -2.07. The number of aromatic carboxylic acids is 1. The molecule has 0 bridgehead atoms. The molecule has 2 aromatic rings. The van der Waals surface area contributed by atoms with Crippen molar-refractivity contribution in [2.24, 2.45) is 0 Å². The molecule has 2 aromatic carbocycles. The van der Waals surface area contributed by atoms with E-state index in [1.165, 1.54) is 30.3 Å². The molecule has 0 fully saturated rings. The first-order chi connectivity index (χ1) is 10.0. The van der Waals surface area contributed by atoms with Gasteiger partial charge < -0.3 is 15.6 Å². The lowest BCUT2D eigenvalue weighted by molar-refractivity contribution is 0.0692. The number of carboxylic acids is 1. The standard InChI is InChI=1S/C15H11FN2O3/c16-12-5-4-9(7-17)6-10(12)8-21-14-11(15(19)20)2-1-3-13(14)18/h1-6H,8,18H2,(H,19,20). The van der Waals surface area contributed by atoms with Crippen LogP contribution < -0.4 is 10.5 Å². The maximum Gasteiger partial charge on any atom is 0.339 e. The monoisotopic (exact) mass is 286 g/mol. The van der Waals surface area contributed by atoms with Crippen molar-refractivity contribution in [3.8, 4) is 11.8 Å². The van der Waals surface area contributed by atoms with Gasteiger partial charge in [-0.05, 0) is 30.3 Å². The van der Waals surface area contributed by atoms with Gasteiger partial charge in [0.15, 0.2) is 5.75 Å². The normalized spacial score (nSPS) is 9.90. The van der Waals surface area contributed by atoms with E-state index >= 15 is 0 Å². The molecule has 0 aromatic heterocycles. The summed E-state index contributed by atoms with van der Waals surface area (Å²) in [4.78, 5) is 11.1. The smallest absolute Gasteiger partial charge is 0.339 e. The summed E-state index contributed by atoms with van der Waals surface area (Å²) in [5.41, 5.74) is 6.16. The van der Waals surface area contributed by atoms with Crippen LogP contribution in [0.5, 0.6) is 5.75 Å². The summed E-state index contributed by atoms with van der Waals surface area (Å²) in [5, 5.41) is 17.9. The number of anilines is 1. The zero-order valence-corrected chi connectivity index (χ0v) is 10.8. The van der Waals surface area contributed by atoms with Gasteiger partial charge in [-0.1, -0.05) is 6.07 Å². The largest absolute Gasteiger partial charge is 0.486 e. The lowest BCUT2D eigenvalue weighted by Gasteiger charge is -2.12. The molecule has 2 rings (SSSR count). The quantitative estimate of drug-likeness (QED) is 0.842. The third-order valence-corrected chi connectivity index (χ3v) is 2.82. The minimum Gasteiger partial charge on any atom is -0.486 e. The summed E-state index contributed by atoms with van der Waals surface area (Å²) in [6.07, 6.45) is 0. The Bertz CT molecular complexity index is 738. The molecule has 0 radical (unpaired) electrons. The van der Waals surface area contributed by atoms with Crippen molar-refractivity contribution in [1.29, 1.82) is 5.26 Å². The van der Waals surface area contributed by atoms with E-state index < -0.39 is 11.8 Å². The summed E-state index contributed by atoms with van der Waals surface area (Å²) >= 11 is 0. The topological polar surface area (TPSA) is 96.3 Å². The van der Waals surface area contributed by atoms with Crippen molar-refractivity contribution in [3.05, 3.63) is 58.9 Å². The minimum atomic E-state index is -1.19. The van der Waals surface area contributed by atoms with Gasteiger partial charge in [-0.15, -0.1) is 0 Å². The highest BCUT2D eigenvalue weighted by Gasteiger charge is 2.15. The van der Waals surface area contributed by atoms with E-state index in [0.29, 0.717) is 0 Å². The number of halogens is 1. The third kappa shape index (κ3) is 3.09. The molecule has 0 spiro atoms. The highest BCUT2D eigenvalue weighted by atomic mass is 19.1. The minimum absolute atomic E-state index is 0.0215. The van der Waals surface area contributed by atoms with Crippen LogP contribution in [0.2, 0.25) is 0 Å². The molecular formula is C15H11FN2O3. The summed E-state index contributed by atoms with van der Waals surface area (Å²) in [6, 6.07) is 10.1. The second-order valence-electron chi connectivity index (χ2n) is 4.24. The fraction of sp³-hybridized carbons (Fsp3) is 0.0667. The van der Waals surface area contributed by atoms with Crippen LogP contribution in [0.4, 0.5) is 10.1 Å². The van der Waals surface area contributed by atoms with Crippen LogP contribution in [0.1, 0.15) is 21.5 Å². The van der Waals surface area contributed by atoms with Crippen LogP contribution in [0.15, 0.2) is 36.4 Å². The second kappa shape index (κ2) is 5.92. The van der Waals surface area contributed by atoms with Gasteiger partial charge in [0.05, 0.1) is 17.3 Å². The molecule has 0 heterocycles. The van der Waals surface area contributed by atoms with Crippen molar-refractivity contribution >= 4 is 11.7 Å². The third-order valence-electron chi connectivity index (χ3n) is 2.82. The number of ether oxygens (including phenoxy) is 1. The van der Waals surface area contributed by atoms with Gasteiger partial charge >= 0.3 is 5.97 Å². The number of para-hydroxylation sites is 1. The molecule has 0 atom stereocenters. The Balaban J connectivity index is 2.29. The van der Waals surface area contributed by atoms with Crippen molar-refractivity contribution in [3.63, 3.8) is 0 Å². The van der Waals surface area contributed by atoms with Gasteiger partial charge in [-0.25, -0.2) is 9.18 Å². The van der Waals surface area contributed by atoms with Crippen molar-refractivity contribution in [2.75, 3.05) is 5.73 Å². The first-order valence-electron chi connectivity index (χ1n) is 5.96. The second-order valence-corrected chi connectivity index (χ2v) is 4.24. The predicted octanol–water partition coefficient (Wildman–Crippen LogP) is 2.56. The molecular weight excluding hydrogens is 275 g/mol. The van der Waals surface area contributed by atoms with Crippen LogP contribution >= 0.6 is 0 Å². The number of hydrogen-bond acceptors (Lipinski definition) is 4. The van der Waals surface area contributed by atoms with Gasteiger partial charge in [-0.2, -0.15) is 5.26 Å². The van der Waals surface area contributed by atoms with E-state index in [1.807, 2.05) is 6.07 Å². The Morgan fingerprint density at radius 2 is 2.14 bits per heavy atom. The van der Waals surface area contributed by atoms with Crippen molar-refractivity contribution in [1.82, 2.24) is 0 Å². The number of carboxylic acid groups (broad SMARTS) is 1. The fourth-order valence-electron chi connectivity index (χ4n) is 1.79. The van der Waals surface area contributed by atoms with E-state index in [9.17, 15) is 9.18 Å². The molecule has 21 heavy (non-hydrogen) atoms. The fourth-order valence-corrected chi connectivity index (χ4v) is 1.79. The van der Waals surface area contributed by atoms with Gasteiger partial charge in [0, 0.05) is 5.56 Å². The number of benzene rings is 2. The van der Waals surface area contributed by atoms with Crippen LogP contribution in [0.25, 0.3) is 0 Å². The van der Waals surface area contributed by atoms with E-state index in [0.717, 1.165) is 6.07 Å². The summed E-state index contributed by atoms with van der Waals surface area (Å²) < 4.78 is 19.0. The van der Waals surface area contributed by atoms with Crippen LogP contribution in [-0.4, -0.2) is 11.1 Å². The van der Waals surface area contributed by atoms with Crippen molar-refractivity contribution in [2.45, 2.75) is 6.61 Å². The number of hydrogen-bond donors (Lipinski definition) is 2. The zero-order chi connectivity index (χ0) is 15.4. The molecule has 0 saturated carbocycles. The molecule has 0 unspecified atom stereocenters. The summed E-state index contributed by atoms with van der Waals surface area (Å²) in [6.45, 7) is -0.226. The Morgan fingerprint density at radius 1 is 1.38 bits per heavy atom. The summed E-state index contributed by atoms with van der Waals surface area (Å²) in [5.74, 6) is -1.75. The number of nitriles is 1. The van der Waals surface area contributed by atoms with Crippen molar-refractivity contribution < 1.29 is 19.0 Å². The number of nitrogens with two attached hydrogens (primary N) is 1. The Labute approximate surface area is 120 Å². The Hall–Kier alpha value is -3.07. The number of carbonyl (C=O) groups is 1. The van der Waals surface area contributed by atoms with Crippen LogP contribution in [-0.2, 0) is 6.61 Å². The predicted molar refractivity (Wildman–Crippen MR) is 73.3 cm³/mol. The number of nitrogen functional groups attached to an aromatic ring is 1. The van der Waals surface area contributed by atoms with E-state index in [2.05, 4.69) is 0 Å². The van der Waals surface area contributed by atoms with Gasteiger partial charge in [0.25, 0.3) is 0 Å². The lowest BCUT2D eigenvalue weighted by atomic mass is 10.1. The molecule has 0 amide bonds. The first-order valence-corrected chi connectivity index (χ1v) is 5.96. The average molecular weight is 286 g/mol. The van der Waals surface area contributed by atoms with Gasteiger partial charge in [-0.3, -0.25) is 0 Å². The van der Waals surface area contributed by atoms with E-state index in [-0.39, 0.29) is 34.7 Å². The first kappa shape index (κ1) is 14.3. The maximum atomic E-state index is 13.6. The Kier molecular flexibility index (Phi) is 4.05. The molecule has 3 N–H and O–H groups in total. The SMILES string of the molecule is N#Cc1ccc(F)c(COc2c(N)cccc2C(=O)O)c1. The number of rotatable bonds is 4. The average Bonchev–Trinajstić information content (AvgIpc) is 2.47. The highest BCUT2D eigenvalue weighted by Crippen LogP contribution is 2.27. The molecule has 6 heteroatoms. The molecule has 0 saturated heterocycles. The molecule has 0 aliphatic carbocycles. The van der Waals surface area contributed by atoms with Gasteiger partial charge in [0.2, 0.25) is 0 Å². The molecule has 5 nitrogen and oxygen atoms in total. The number of nitrogens with zero attached hydrogens (tertiary/aromatic N) is 1. The zero-order valence-electron chi connectivity index (χ0n) is 10.8. The molecule has 0 aliphatic heterocycles. The molecule has 0 aliphatic rings. The van der Waals surface area contributed by atoms with Crippen LogP contribution in [0, 0.1) is 17.1 Å².